The van der Waals surface area contributed by atoms with Gasteiger partial charge in [0.15, 0.2) is 0 Å². The molecule has 0 bridgehead atoms. The van der Waals surface area contributed by atoms with E-state index in [1.54, 1.807) is 0 Å². The first-order valence-electron chi connectivity index (χ1n) is 4.64. The molecule has 1 aromatic carbocycles. The third kappa shape index (κ3) is 1.56. The molecule has 0 amide bonds. The summed E-state index contributed by atoms with van der Waals surface area (Å²) in [4.78, 5) is 12.9. The zero-order valence-corrected chi connectivity index (χ0v) is 8.79. The van der Waals surface area contributed by atoms with Crippen molar-refractivity contribution in [3.8, 4) is 0 Å². The molecule has 0 N–H and O–H groups in total. The van der Waals surface area contributed by atoms with Gasteiger partial charge in [0.2, 0.25) is 0 Å². The van der Waals surface area contributed by atoms with Crippen LogP contribution in [-0.4, -0.2) is 24.3 Å². The summed E-state index contributed by atoms with van der Waals surface area (Å²) in [5.41, 5.74) is 2.36. The first-order valence-corrected chi connectivity index (χ1v) is 5.02. The maximum absolute atomic E-state index is 10.8. The minimum absolute atomic E-state index is 0.0256. The van der Waals surface area contributed by atoms with Crippen LogP contribution in [0.25, 0.3) is 0 Å². The van der Waals surface area contributed by atoms with Crippen LogP contribution in [0.3, 0.4) is 0 Å². The molecule has 3 heteroatoms. The Bertz CT molecular complexity index is 364. The van der Waals surface area contributed by atoms with Crippen LogP contribution in [0.4, 0.5) is 0 Å². The molecule has 74 valence electrons. The fourth-order valence-electron chi connectivity index (χ4n) is 1.88. The highest BCUT2D eigenvalue weighted by molar-refractivity contribution is 6.31. The Hall–Kier alpha value is -0.860. The summed E-state index contributed by atoms with van der Waals surface area (Å²) in [7, 11) is 1.96. The van der Waals surface area contributed by atoms with E-state index in [2.05, 4.69) is 6.07 Å². The summed E-state index contributed by atoms with van der Waals surface area (Å²) in [6.07, 6.45) is 1.72. The first-order chi connectivity index (χ1) is 6.72. The Morgan fingerprint density at radius 3 is 3.07 bits per heavy atom. The highest BCUT2D eigenvalue weighted by atomic mass is 35.5. The van der Waals surface area contributed by atoms with Gasteiger partial charge in [-0.1, -0.05) is 23.7 Å². The monoisotopic (exact) mass is 209 g/mol. The van der Waals surface area contributed by atoms with E-state index in [0.717, 1.165) is 29.8 Å². The lowest BCUT2D eigenvalue weighted by Crippen LogP contribution is -2.38. The van der Waals surface area contributed by atoms with Crippen LogP contribution in [0.15, 0.2) is 18.2 Å². The standard InChI is InChI=1S/C11H12ClNO/c1-13-6-8-3-2-4-11(12)10(8)5-9(13)7-14/h2-4,7,9H,5-6H2,1H3. The number of fused-ring (bicyclic) bond motifs is 1. The SMILES string of the molecule is CN1Cc2cccc(Cl)c2CC1C=O. The zero-order valence-electron chi connectivity index (χ0n) is 8.03. The van der Waals surface area contributed by atoms with Gasteiger partial charge in [0.1, 0.15) is 6.29 Å². The molecule has 0 aromatic heterocycles. The van der Waals surface area contributed by atoms with Crippen molar-refractivity contribution in [1.82, 2.24) is 4.90 Å². The van der Waals surface area contributed by atoms with Crippen molar-refractivity contribution in [2.24, 2.45) is 0 Å². The molecule has 0 fully saturated rings. The van der Waals surface area contributed by atoms with Crippen molar-refractivity contribution in [2.45, 2.75) is 19.0 Å². The number of benzene rings is 1. The summed E-state index contributed by atoms with van der Waals surface area (Å²) in [5.74, 6) is 0. The van der Waals surface area contributed by atoms with E-state index in [0.29, 0.717) is 0 Å². The molecule has 1 unspecified atom stereocenters. The number of hydrogen-bond donors (Lipinski definition) is 0. The van der Waals surface area contributed by atoms with Crippen molar-refractivity contribution in [1.29, 1.82) is 0 Å². The Morgan fingerprint density at radius 2 is 2.36 bits per heavy atom. The van der Waals surface area contributed by atoms with E-state index in [1.807, 2.05) is 24.1 Å². The summed E-state index contributed by atoms with van der Waals surface area (Å²) in [5, 5.41) is 0.780. The Morgan fingerprint density at radius 1 is 1.57 bits per heavy atom. The van der Waals surface area contributed by atoms with E-state index in [4.69, 9.17) is 11.6 Å². The number of halogens is 1. The zero-order chi connectivity index (χ0) is 10.1. The highest BCUT2D eigenvalue weighted by Crippen LogP contribution is 2.27. The van der Waals surface area contributed by atoms with Crippen molar-refractivity contribution in [3.63, 3.8) is 0 Å². The van der Waals surface area contributed by atoms with Gasteiger partial charge < -0.3 is 4.79 Å². The maximum atomic E-state index is 10.8. The summed E-state index contributed by atoms with van der Waals surface area (Å²) < 4.78 is 0. The third-order valence-corrected chi connectivity index (χ3v) is 3.13. The maximum Gasteiger partial charge on any atom is 0.137 e. The number of hydrogen-bond acceptors (Lipinski definition) is 2. The second-order valence-corrected chi connectivity index (χ2v) is 4.11. The lowest BCUT2D eigenvalue weighted by molar-refractivity contribution is -0.112. The summed E-state index contributed by atoms with van der Waals surface area (Å²) >= 11 is 6.08. The lowest BCUT2D eigenvalue weighted by atomic mass is 9.95. The molecule has 1 atom stereocenters. The Balaban J connectivity index is 2.40. The predicted octanol–water partition coefficient (Wildman–Crippen LogP) is 1.90. The van der Waals surface area contributed by atoms with Gasteiger partial charge in [-0.05, 0) is 30.7 Å². The molecule has 2 nitrogen and oxygen atoms in total. The molecule has 1 aliphatic rings. The highest BCUT2D eigenvalue weighted by Gasteiger charge is 2.23. The van der Waals surface area contributed by atoms with E-state index in [-0.39, 0.29) is 6.04 Å². The van der Waals surface area contributed by atoms with Crippen molar-refractivity contribution < 1.29 is 4.79 Å². The van der Waals surface area contributed by atoms with Gasteiger partial charge >= 0.3 is 0 Å². The fraction of sp³-hybridized carbons (Fsp3) is 0.364. The lowest BCUT2D eigenvalue weighted by Gasteiger charge is -2.30. The summed E-state index contributed by atoms with van der Waals surface area (Å²) in [6.45, 7) is 0.805. The van der Waals surface area contributed by atoms with E-state index in [9.17, 15) is 4.79 Å². The average molecular weight is 210 g/mol. The molecule has 0 saturated carbocycles. The van der Waals surface area contributed by atoms with Crippen molar-refractivity contribution in [2.75, 3.05) is 7.05 Å². The normalized spacial score (nSPS) is 21.7. The van der Waals surface area contributed by atoms with E-state index < -0.39 is 0 Å². The molecule has 0 aliphatic carbocycles. The van der Waals surface area contributed by atoms with E-state index >= 15 is 0 Å². The summed E-state index contributed by atoms with van der Waals surface area (Å²) in [6, 6.07) is 5.88. The molecule has 1 aromatic rings. The van der Waals surface area contributed by atoms with E-state index in [1.165, 1.54) is 5.56 Å². The quantitative estimate of drug-likeness (QED) is 0.659. The van der Waals surface area contributed by atoms with Gasteiger partial charge in [-0.2, -0.15) is 0 Å². The number of likely N-dealkylation sites (N-methyl/N-ethyl adjacent to an activating group) is 1. The average Bonchev–Trinajstić information content (AvgIpc) is 2.17. The number of aldehydes is 1. The number of nitrogens with zero attached hydrogens (tertiary/aromatic N) is 1. The molecule has 14 heavy (non-hydrogen) atoms. The van der Waals surface area contributed by atoms with Gasteiger partial charge in [-0.25, -0.2) is 0 Å². The first kappa shape index (κ1) is 9.69. The van der Waals surface area contributed by atoms with Crippen molar-refractivity contribution in [3.05, 3.63) is 34.3 Å². The fourth-order valence-corrected chi connectivity index (χ4v) is 2.15. The van der Waals surface area contributed by atoms with Crippen LogP contribution in [0.1, 0.15) is 11.1 Å². The van der Waals surface area contributed by atoms with Gasteiger partial charge in [-0.3, -0.25) is 4.90 Å². The van der Waals surface area contributed by atoms with Crippen LogP contribution in [-0.2, 0) is 17.8 Å². The minimum atomic E-state index is -0.0256. The molecular weight excluding hydrogens is 198 g/mol. The molecule has 0 saturated heterocycles. The van der Waals surface area contributed by atoms with Crippen LogP contribution >= 0.6 is 11.6 Å². The van der Waals surface area contributed by atoms with Gasteiger partial charge in [0, 0.05) is 11.6 Å². The van der Waals surface area contributed by atoms with Crippen LogP contribution in [0.5, 0.6) is 0 Å². The smallest absolute Gasteiger partial charge is 0.137 e. The van der Waals surface area contributed by atoms with Gasteiger partial charge in [-0.15, -0.1) is 0 Å². The van der Waals surface area contributed by atoms with Crippen LogP contribution in [0, 0.1) is 0 Å². The third-order valence-electron chi connectivity index (χ3n) is 2.77. The number of carbonyl (C=O) groups is 1. The van der Waals surface area contributed by atoms with Crippen molar-refractivity contribution >= 4 is 17.9 Å². The van der Waals surface area contributed by atoms with Gasteiger partial charge in [0.25, 0.3) is 0 Å². The number of rotatable bonds is 1. The van der Waals surface area contributed by atoms with Crippen LogP contribution in [0.2, 0.25) is 5.02 Å². The minimum Gasteiger partial charge on any atom is -0.302 e. The molecule has 0 radical (unpaired) electrons. The topological polar surface area (TPSA) is 20.3 Å². The van der Waals surface area contributed by atoms with Crippen LogP contribution < -0.4 is 0 Å². The Kier molecular flexibility index (Phi) is 2.57. The molecule has 0 spiro atoms. The second kappa shape index (κ2) is 3.71. The largest absolute Gasteiger partial charge is 0.302 e. The molecular formula is C11H12ClNO. The second-order valence-electron chi connectivity index (χ2n) is 3.70. The molecule has 2 rings (SSSR count). The molecule has 1 aliphatic heterocycles. The Labute approximate surface area is 88.5 Å². The van der Waals surface area contributed by atoms with Gasteiger partial charge in [0.05, 0.1) is 6.04 Å². The number of carbonyl (C=O) groups excluding carboxylic acids is 1. The predicted molar refractivity (Wildman–Crippen MR) is 56.5 cm³/mol. The molecule has 1 heterocycles.